The number of nitrogens with zero attached hydrogens (tertiary/aromatic N) is 1. The second-order valence-corrected chi connectivity index (χ2v) is 8.32. The number of anilines is 1. The Morgan fingerprint density at radius 2 is 1.81 bits per heavy atom. The summed E-state index contributed by atoms with van der Waals surface area (Å²) in [6, 6.07) is 11.7. The van der Waals surface area contributed by atoms with Crippen molar-refractivity contribution in [3.8, 4) is 0 Å². The summed E-state index contributed by atoms with van der Waals surface area (Å²) in [4.78, 5) is 11.9. The highest BCUT2D eigenvalue weighted by Gasteiger charge is 2.16. The molecule has 2 aromatic carbocycles. The molecule has 6 nitrogen and oxygen atoms in total. The van der Waals surface area contributed by atoms with E-state index in [1.807, 2.05) is 19.1 Å². The standard InChI is InChI=1S/C19H22N2O4S/c1-4-21-17-10-7-15(12-18(17)25-19(21)22)20-26(23,24)16-8-5-14(6-9-16)11-13(2)3/h5-10,12-13,20H,4,11H2,1-3H3. The van der Waals surface area contributed by atoms with Gasteiger partial charge in [0.05, 0.1) is 16.1 Å². The van der Waals surface area contributed by atoms with Crippen molar-refractivity contribution in [1.82, 2.24) is 4.57 Å². The fourth-order valence-corrected chi connectivity index (χ4v) is 3.97. The molecule has 0 atom stereocenters. The number of nitrogens with one attached hydrogen (secondary N) is 1. The van der Waals surface area contributed by atoms with Gasteiger partial charge >= 0.3 is 5.76 Å². The molecule has 0 fully saturated rings. The highest BCUT2D eigenvalue weighted by Crippen LogP contribution is 2.22. The third-order valence-electron chi connectivity index (χ3n) is 4.11. The molecule has 1 heterocycles. The summed E-state index contributed by atoms with van der Waals surface area (Å²) in [6.45, 7) is 6.56. The lowest BCUT2D eigenvalue weighted by Gasteiger charge is -2.10. The molecule has 26 heavy (non-hydrogen) atoms. The summed E-state index contributed by atoms with van der Waals surface area (Å²) in [6.07, 6.45) is 0.901. The minimum Gasteiger partial charge on any atom is -0.408 e. The lowest BCUT2D eigenvalue weighted by molar-refractivity contribution is 0.513. The van der Waals surface area contributed by atoms with Gasteiger partial charge in [0.15, 0.2) is 5.58 Å². The van der Waals surface area contributed by atoms with Crippen LogP contribution in [0.15, 0.2) is 56.6 Å². The summed E-state index contributed by atoms with van der Waals surface area (Å²) in [5.74, 6) is 0.0515. The van der Waals surface area contributed by atoms with Crippen molar-refractivity contribution in [2.75, 3.05) is 4.72 Å². The number of aromatic nitrogens is 1. The van der Waals surface area contributed by atoms with Gasteiger partial charge in [-0.1, -0.05) is 26.0 Å². The first-order valence-corrected chi connectivity index (χ1v) is 10.0. The van der Waals surface area contributed by atoms with Gasteiger partial charge in [-0.25, -0.2) is 13.2 Å². The van der Waals surface area contributed by atoms with E-state index in [-0.39, 0.29) is 4.90 Å². The minimum atomic E-state index is -3.71. The molecular weight excluding hydrogens is 352 g/mol. The van der Waals surface area contributed by atoms with Crippen LogP contribution in [0.4, 0.5) is 5.69 Å². The molecule has 0 spiro atoms. The quantitative estimate of drug-likeness (QED) is 0.714. The number of oxazole rings is 1. The number of hydrogen-bond acceptors (Lipinski definition) is 4. The van der Waals surface area contributed by atoms with E-state index in [4.69, 9.17) is 4.42 Å². The van der Waals surface area contributed by atoms with E-state index in [2.05, 4.69) is 18.6 Å². The summed E-state index contributed by atoms with van der Waals surface area (Å²) >= 11 is 0. The van der Waals surface area contributed by atoms with Crippen molar-refractivity contribution in [1.29, 1.82) is 0 Å². The van der Waals surface area contributed by atoms with Gasteiger partial charge < -0.3 is 4.42 Å². The molecule has 3 aromatic rings. The van der Waals surface area contributed by atoms with Crippen LogP contribution in [0.1, 0.15) is 26.3 Å². The Labute approximate surface area is 152 Å². The Balaban J connectivity index is 1.87. The van der Waals surface area contributed by atoms with Crippen LogP contribution in [0.3, 0.4) is 0 Å². The van der Waals surface area contributed by atoms with Crippen molar-refractivity contribution >= 4 is 26.8 Å². The van der Waals surface area contributed by atoms with E-state index in [0.29, 0.717) is 29.2 Å². The van der Waals surface area contributed by atoms with Gasteiger partial charge in [0.2, 0.25) is 0 Å². The summed E-state index contributed by atoms with van der Waals surface area (Å²) in [5.41, 5.74) is 2.44. The van der Waals surface area contributed by atoms with E-state index >= 15 is 0 Å². The van der Waals surface area contributed by atoms with Crippen molar-refractivity contribution in [2.45, 2.75) is 38.6 Å². The average molecular weight is 374 g/mol. The monoisotopic (exact) mass is 374 g/mol. The Morgan fingerprint density at radius 1 is 1.12 bits per heavy atom. The van der Waals surface area contributed by atoms with E-state index in [9.17, 15) is 13.2 Å². The van der Waals surface area contributed by atoms with Gasteiger partial charge in [0.25, 0.3) is 10.0 Å². The second kappa shape index (κ2) is 6.99. The summed E-state index contributed by atoms with van der Waals surface area (Å²) in [7, 11) is -3.71. The Kier molecular flexibility index (Phi) is 4.91. The normalized spacial score (nSPS) is 12.0. The van der Waals surface area contributed by atoms with Gasteiger partial charge in [-0.15, -0.1) is 0 Å². The van der Waals surface area contributed by atoms with Gasteiger partial charge in [-0.2, -0.15) is 0 Å². The third kappa shape index (κ3) is 3.67. The molecule has 0 aliphatic heterocycles. The number of benzene rings is 2. The van der Waals surface area contributed by atoms with Crippen LogP contribution >= 0.6 is 0 Å². The molecule has 0 unspecified atom stereocenters. The molecule has 0 aliphatic rings. The maximum Gasteiger partial charge on any atom is 0.419 e. The topological polar surface area (TPSA) is 81.3 Å². The lowest BCUT2D eigenvalue weighted by Crippen LogP contribution is -2.13. The maximum absolute atomic E-state index is 12.6. The van der Waals surface area contributed by atoms with Crippen LogP contribution in [0.5, 0.6) is 0 Å². The predicted molar refractivity (Wildman–Crippen MR) is 102 cm³/mol. The number of fused-ring (bicyclic) bond motifs is 1. The first-order chi connectivity index (χ1) is 12.3. The van der Waals surface area contributed by atoms with Gasteiger partial charge in [0, 0.05) is 12.6 Å². The number of hydrogen-bond donors (Lipinski definition) is 1. The van der Waals surface area contributed by atoms with Crippen LogP contribution in [-0.2, 0) is 23.0 Å². The molecule has 138 valence electrons. The van der Waals surface area contributed by atoms with Crippen molar-refractivity contribution < 1.29 is 12.8 Å². The zero-order valence-electron chi connectivity index (χ0n) is 15.0. The predicted octanol–water partition coefficient (Wildman–Crippen LogP) is 3.61. The maximum atomic E-state index is 12.6. The van der Waals surface area contributed by atoms with Crippen molar-refractivity contribution in [3.05, 3.63) is 58.6 Å². The Hall–Kier alpha value is -2.54. The summed E-state index contributed by atoms with van der Waals surface area (Å²) in [5, 5.41) is 0. The lowest BCUT2D eigenvalue weighted by atomic mass is 10.0. The van der Waals surface area contributed by atoms with Gasteiger partial charge in [0.1, 0.15) is 0 Å². The smallest absolute Gasteiger partial charge is 0.408 e. The summed E-state index contributed by atoms with van der Waals surface area (Å²) < 4.78 is 34.4. The van der Waals surface area contributed by atoms with E-state index < -0.39 is 15.8 Å². The van der Waals surface area contributed by atoms with Crippen molar-refractivity contribution in [2.24, 2.45) is 5.92 Å². The van der Waals surface area contributed by atoms with Crippen LogP contribution < -0.4 is 10.5 Å². The molecular formula is C19H22N2O4S. The third-order valence-corrected chi connectivity index (χ3v) is 5.51. The molecule has 0 saturated heterocycles. The SMILES string of the molecule is CCn1c(=O)oc2cc(NS(=O)(=O)c3ccc(CC(C)C)cc3)ccc21. The van der Waals surface area contributed by atoms with E-state index in [1.54, 1.807) is 24.3 Å². The van der Waals surface area contributed by atoms with Crippen molar-refractivity contribution in [3.63, 3.8) is 0 Å². The first kappa shape index (κ1) is 18.3. The van der Waals surface area contributed by atoms with Gasteiger partial charge in [-0.05, 0) is 49.1 Å². The average Bonchev–Trinajstić information content (AvgIpc) is 2.88. The van der Waals surface area contributed by atoms with E-state index in [0.717, 1.165) is 12.0 Å². The molecule has 0 saturated carbocycles. The molecule has 1 N–H and O–H groups in total. The molecule has 0 bridgehead atoms. The largest absolute Gasteiger partial charge is 0.419 e. The van der Waals surface area contributed by atoms with Crippen LogP contribution in [0.25, 0.3) is 11.1 Å². The fraction of sp³-hybridized carbons (Fsp3) is 0.316. The molecule has 0 amide bonds. The highest BCUT2D eigenvalue weighted by atomic mass is 32.2. The van der Waals surface area contributed by atoms with Gasteiger partial charge in [-0.3, -0.25) is 9.29 Å². The van der Waals surface area contributed by atoms with Crippen LogP contribution in [0, 0.1) is 5.92 Å². The van der Waals surface area contributed by atoms with Crippen LogP contribution in [-0.4, -0.2) is 13.0 Å². The molecule has 0 radical (unpaired) electrons. The molecule has 0 aliphatic carbocycles. The number of sulfonamides is 1. The molecule has 3 rings (SSSR count). The number of rotatable bonds is 6. The van der Waals surface area contributed by atoms with E-state index in [1.165, 1.54) is 10.6 Å². The zero-order chi connectivity index (χ0) is 18.9. The zero-order valence-corrected chi connectivity index (χ0v) is 15.8. The van der Waals surface area contributed by atoms with Crippen LogP contribution in [0.2, 0.25) is 0 Å². The molecule has 1 aromatic heterocycles. The number of aryl methyl sites for hydroxylation is 1. The first-order valence-electron chi connectivity index (χ1n) is 8.55. The Bertz CT molecular complexity index is 1080. The molecule has 7 heteroatoms. The minimum absolute atomic E-state index is 0.192. The highest BCUT2D eigenvalue weighted by molar-refractivity contribution is 7.92. The Morgan fingerprint density at radius 3 is 2.42 bits per heavy atom. The fourth-order valence-electron chi connectivity index (χ4n) is 2.92. The second-order valence-electron chi connectivity index (χ2n) is 6.64.